The molecule has 2 aromatic carbocycles. The van der Waals surface area contributed by atoms with Crippen molar-refractivity contribution in [1.29, 1.82) is 0 Å². The first-order valence-electron chi connectivity index (χ1n) is 6.50. The van der Waals surface area contributed by atoms with Crippen LogP contribution in [0.4, 0.5) is 26.3 Å². The van der Waals surface area contributed by atoms with Gasteiger partial charge in [-0.2, -0.15) is 0 Å². The van der Waals surface area contributed by atoms with Crippen molar-refractivity contribution >= 4 is 34.3 Å². The maximum atomic E-state index is 14.4. The highest BCUT2D eigenvalue weighted by atomic mass is 32.2. The molecule has 0 bridgehead atoms. The molecule has 24 heavy (non-hydrogen) atoms. The largest absolute Gasteiger partial charge is 0.205 e. The average molecular weight is 380 g/mol. The summed E-state index contributed by atoms with van der Waals surface area (Å²) in [6.07, 6.45) is 2.58. The fourth-order valence-corrected chi connectivity index (χ4v) is 3.47. The number of hydrogen-bond donors (Lipinski definition) is 0. The molecule has 0 N–H and O–H groups in total. The fraction of sp³-hybridized carbons (Fsp3) is 0.125. The third kappa shape index (κ3) is 3.04. The zero-order chi connectivity index (χ0) is 18.0. The molecule has 0 spiro atoms. The fourth-order valence-electron chi connectivity index (χ4n) is 2.01. The van der Waals surface area contributed by atoms with Crippen LogP contribution in [0.1, 0.15) is 0 Å². The zero-order valence-electron chi connectivity index (χ0n) is 12.1. The van der Waals surface area contributed by atoms with Crippen molar-refractivity contribution in [3.63, 3.8) is 0 Å². The molecule has 2 rings (SSSR count). The molecular weight excluding hydrogens is 370 g/mol. The average Bonchev–Trinajstić information content (AvgIpc) is 2.56. The second-order valence-electron chi connectivity index (χ2n) is 4.49. The number of halogens is 6. The summed E-state index contributed by atoms with van der Waals surface area (Å²) in [6, 6.07) is 0. The Kier molecular flexibility index (Phi) is 5.92. The van der Waals surface area contributed by atoms with Crippen molar-refractivity contribution < 1.29 is 26.3 Å². The standard InChI is InChI=1S/C16H10F6S2/c1-3-5-23-15-11(19)7-8(9(17)13(15)21)12(20)16(24-6-4-2)14(22)10(7)18/h3-4H,1-2,5-6H2. The van der Waals surface area contributed by atoms with Crippen LogP contribution in [0.15, 0.2) is 35.1 Å². The molecule has 0 aliphatic carbocycles. The number of fused-ring (bicyclic) bond motifs is 1. The van der Waals surface area contributed by atoms with Gasteiger partial charge < -0.3 is 0 Å². The molecule has 0 heterocycles. The van der Waals surface area contributed by atoms with E-state index in [0.29, 0.717) is 23.5 Å². The van der Waals surface area contributed by atoms with Gasteiger partial charge >= 0.3 is 0 Å². The first-order chi connectivity index (χ1) is 11.4. The van der Waals surface area contributed by atoms with Gasteiger partial charge in [0.15, 0.2) is 34.9 Å². The molecule has 0 saturated heterocycles. The molecule has 0 nitrogen and oxygen atoms in total. The molecule has 0 unspecified atom stereocenters. The highest BCUT2D eigenvalue weighted by Crippen LogP contribution is 2.40. The van der Waals surface area contributed by atoms with Crippen LogP contribution in [-0.4, -0.2) is 11.5 Å². The molecule has 0 radical (unpaired) electrons. The maximum absolute atomic E-state index is 14.4. The Morgan fingerprint density at radius 2 is 0.917 bits per heavy atom. The van der Waals surface area contributed by atoms with Crippen LogP contribution < -0.4 is 0 Å². The Morgan fingerprint density at radius 3 is 1.21 bits per heavy atom. The maximum Gasteiger partial charge on any atom is 0.176 e. The minimum atomic E-state index is -1.77. The second-order valence-corrected chi connectivity index (χ2v) is 6.55. The van der Waals surface area contributed by atoms with Gasteiger partial charge in [-0.25, -0.2) is 26.3 Å². The highest BCUT2D eigenvalue weighted by molar-refractivity contribution is 7.99. The highest BCUT2D eigenvalue weighted by Gasteiger charge is 2.30. The Labute approximate surface area is 142 Å². The van der Waals surface area contributed by atoms with E-state index in [0.717, 1.165) is 0 Å². The summed E-state index contributed by atoms with van der Waals surface area (Å²) >= 11 is 1.01. The van der Waals surface area contributed by atoms with Gasteiger partial charge in [0.05, 0.1) is 20.6 Å². The molecule has 0 aliphatic rings. The van der Waals surface area contributed by atoms with Crippen LogP contribution in [0.2, 0.25) is 0 Å². The number of benzene rings is 2. The quantitative estimate of drug-likeness (QED) is 0.252. The Hall–Kier alpha value is -1.54. The molecule has 0 aromatic heterocycles. The first-order valence-corrected chi connectivity index (χ1v) is 8.47. The lowest BCUT2D eigenvalue weighted by Crippen LogP contribution is -2.05. The molecule has 0 fully saturated rings. The van der Waals surface area contributed by atoms with Crippen LogP contribution in [0.5, 0.6) is 0 Å². The Balaban J connectivity index is 2.89. The minimum Gasteiger partial charge on any atom is -0.205 e. The molecular formula is C16H10F6S2. The van der Waals surface area contributed by atoms with E-state index >= 15 is 0 Å². The van der Waals surface area contributed by atoms with E-state index in [1.165, 1.54) is 12.2 Å². The molecule has 8 heteroatoms. The molecule has 0 amide bonds. The molecule has 0 aliphatic heterocycles. The number of rotatable bonds is 6. The van der Waals surface area contributed by atoms with Crippen LogP contribution in [0.3, 0.4) is 0 Å². The summed E-state index contributed by atoms with van der Waals surface area (Å²) in [7, 11) is 0. The van der Waals surface area contributed by atoms with Gasteiger partial charge in [0.1, 0.15) is 0 Å². The van der Waals surface area contributed by atoms with Gasteiger partial charge in [-0.1, -0.05) is 12.2 Å². The van der Waals surface area contributed by atoms with E-state index in [1.807, 2.05) is 0 Å². The zero-order valence-corrected chi connectivity index (χ0v) is 13.7. The molecule has 0 atom stereocenters. The van der Waals surface area contributed by atoms with Crippen LogP contribution in [0.25, 0.3) is 10.8 Å². The summed E-state index contributed by atoms with van der Waals surface area (Å²) in [6.45, 7) is 6.68. The molecule has 2 aromatic rings. The van der Waals surface area contributed by atoms with Crippen LogP contribution >= 0.6 is 23.5 Å². The van der Waals surface area contributed by atoms with Crippen molar-refractivity contribution in [1.82, 2.24) is 0 Å². The van der Waals surface area contributed by atoms with Crippen LogP contribution in [-0.2, 0) is 0 Å². The third-order valence-corrected chi connectivity index (χ3v) is 5.10. The lowest BCUT2D eigenvalue weighted by Gasteiger charge is -2.13. The van der Waals surface area contributed by atoms with E-state index in [9.17, 15) is 26.3 Å². The second kappa shape index (κ2) is 7.57. The summed E-state index contributed by atoms with van der Waals surface area (Å²) in [5.41, 5.74) is 0. The Morgan fingerprint density at radius 1 is 0.583 bits per heavy atom. The van der Waals surface area contributed by atoms with Gasteiger partial charge in [0.25, 0.3) is 0 Å². The van der Waals surface area contributed by atoms with E-state index in [2.05, 4.69) is 13.2 Å². The molecule has 0 saturated carbocycles. The van der Waals surface area contributed by atoms with Gasteiger partial charge in [0, 0.05) is 11.5 Å². The van der Waals surface area contributed by atoms with E-state index in [4.69, 9.17) is 0 Å². The van der Waals surface area contributed by atoms with E-state index in [-0.39, 0.29) is 11.5 Å². The lowest BCUT2D eigenvalue weighted by atomic mass is 10.1. The topological polar surface area (TPSA) is 0 Å². The Bertz CT molecular complexity index is 763. The predicted octanol–water partition coefficient (Wildman–Crippen LogP) is 6.23. The van der Waals surface area contributed by atoms with Crippen molar-refractivity contribution in [3.05, 3.63) is 60.2 Å². The summed E-state index contributed by atoms with van der Waals surface area (Å²) in [5.74, 6) is -9.95. The monoisotopic (exact) mass is 380 g/mol. The van der Waals surface area contributed by atoms with Crippen LogP contribution in [0, 0.1) is 34.9 Å². The number of hydrogen-bond acceptors (Lipinski definition) is 2. The molecule has 128 valence electrons. The minimum absolute atomic E-state index is 0.00135. The lowest BCUT2D eigenvalue weighted by molar-refractivity contribution is 0.451. The smallest absolute Gasteiger partial charge is 0.176 e. The predicted molar refractivity (Wildman–Crippen MR) is 85.5 cm³/mol. The van der Waals surface area contributed by atoms with E-state index in [1.54, 1.807) is 0 Å². The van der Waals surface area contributed by atoms with Crippen molar-refractivity contribution in [3.8, 4) is 0 Å². The normalized spacial score (nSPS) is 11.1. The van der Waals surface area contributed by atoms with Gasteiger partial charge in [-0.3, -0.25) is 0 Å². The van der Waals surface area contributed by atoms with Crippen molar-refractivity contribution in [2.45, 2.75) is 9.79 Å². The van der Waals surface area contributed by atoms with Crippen molar-refractivity contribution in [2.24, 2.45) is 0 Å². The van der Waals surface area contributed by atoms with Crippen molar-refractivity contribution in [2.75, 3.05) is 11.5 Å². The summed E-state index contributed by atoms with van der Waals surface area (Å²) in [4.78, 5) is -1.71. The summed E-state index contributed by atoms with van der Waals surface area (Å²) in [5, 5.41) is -2.50. The first kappa shape index (κ1) is 18.8. The van der Waals surface area contributed by atoms with E-state index < -0.39 is 55.5 Å². The number of thioether (sulfide) groups is 2. The summed E-state index contributed by atoms with van der Waals surface area (Å²) < 4.78 is 85.2. The van der Waals surface area contributed by atoms with Gasteiger partial charge in [-0.05, 0) is 0 Å². The third-order valence-electron chi connectivity index (χ3n) is 3.00. The SMILES string of the molecule is C=CCSc1c(F)c(F)c2c(F)c(SCC=C)c(F)c(F)c2c1F. The van der Waals surface area contributed by atoms with Gasteiger partial charge in [0.2, 0.25) is 0 Å². The van der Waals surface area contributed by atoms with Gasteiger partial charge in [-0.15, -0.1) is 36.7 Å².